The minimum Gasteiger partial charge on any atom is -0.324 e. The van der Waals surface area contributed by atoms with Crippen LogP contribution in [0.4, 0.5) is 0 Å². The minimum absolute atomic E-state index is 0. The van der Waals surface area contributed by atoms with Gasteiger partial charge in [-0.1, -0.05) is 32.9 Å². The lowest BCUT2D eigenvalue weighted by Crippen LogP contribution is -2.26. The van der Waals surface area contributed by atoms with Gasteiger partial charge in [0.25, 0.3) is 0 Å². The number of hydrogen-bond donors (Lipinski definition) is 1. The van der Waals surface area contributed by atoms with Gasteiger partial charge in [-0.05, 0) is 45.7 Å². The van der Waals surface area contributed by atoms with Crippen molar-refractivity contribution < 1.29 is 0 Å². The van der Waals surface area contributed by atoms with E-state index >= 15 is 0 Å². The van der Waals surface area contributed by atoms with Crippen molar-refractivity contribution >= 4 is 35.0 Å². The highest BCUT2D eigenvalue weighted by Crippen LogP contribution is 2.30. The summed E-state index contributed by atoms with van der Waals surface area (Å²) in [7, 11) is 0. The average molecular weight is 326 g/mol. The predicted molar refractivity (Wildman–Crippen MR) is 72.8 cm³/mol. The van der Waals surface area contributed by atoms with Gasteiger partial charge in [0.2, 0.25) is 0 Å². The second-order valence-corrected chi connectivity index (χ2v) is 5.64. The van der Waals surface area contributed by atoms with Crippen molar-refractivity contribution in [2.24, 2.45) is 11.1 Å². The normalized spacial score (nSPS) is 13.2. The van der Waals surface area contributed by atoms with E-state index in [-0.39, 0.29) is 23.9 Å². The fraction of sp³-hybridized carbons (Fsp3) is 0.455. The van der Waals surface area contributed by atoms with E-state index in [1.165, 1.54) is 9.13 Å². The molecule has 1 atom stereocenters. The molecule has 1 nitrogen and oxygen atoms in total. The molecule has 0 amide bonds. The van der Waals surface area contributed by atoms with Gasteiger partial charge >= 0.3 is 0 Å². The van der Waals surface area contributed by atoms with Crippen LogP contribution in [0, 0.1) is 8.99 Å². The number of nitrogens with two attached hydrogens (primary N) is 1. The summed E-state index contributed by atoms with van der Waals surface area (Å²) in [6.45, 7) is 6.49. The molecule has 0 heterocycles. The summed E-state index contributed by atoms with van der Waals surface area (Å²) in [5, 5.41) is 0. The number of hydrogen-bond acceptors (Lipinski definition) is 1. The number of rotatable bonds is 1. The summed E-state index contributed by atoms with van der Waals surface area (Å²) in [5.41, 5.74) is 7.47. The third-order valence-corrected chi connectivity index (χ3v) is 2.88. The Morgan fingerprint density at radius 1 is 1.14 bits per heavy atom. The Hall–Kier alpha value is 0.200. The van der Waals surface area contributed by atoms with Crippen LogP contribution in [0.5, 0.6) is 0 Å². The maximum absolute atomic E-state index is 6.12. The topological polar surface area (TPSA) is 26.0 Å². The summed E-state index contributed by atoms with van der Waals surface area (Å²) in [6.07, 6.45) is 0. The predicted octanol–water partition coefficient (Wildman–Crippen LogP) is 3.76. The van der Waals surface area contributed by atoms with Gasteiger partial charge in [-0.2, -0.15) is 0 Å². The van der Waals surface area contributed by atoms with E-state index < -0.39 is 0 Å². The molecule has 0 aliphatic carbocycles. The van der Waals surface area contributed by atoms with E-state index in [0.717, 1.165) is 0 Å². The molecule has 1 aromatic carbocycles. The van der Waals surface area contributed by atoms with Crippen LogP contribution in [-0.4, -0.2) is 0 Å². The van der Waals surface area contributed by atoms with Crippen LogP contribution in [0.1, 0.15) is 32.4 Å². The molecule has 0 saturated carbocycles. The Labute approximate surface area is 106 Å². The first-order chi connectivity index (χ1) is 5.91. The number of benzene rings is 1. The van der Waals surface area contributed by atoms with Crippen LogP contribution in [0.2, 0.25) is 0 Å². The first-order valence-corrected chi connectivity index (χ1v) is 5.50. The van der Waals surface area contributed by atoms with Gasteiger partial charge < -0.3 is 5.73 Å². The minimum atomic E-state index is 0. The molecule has 0 aliphatic heterocycles. The Morgan fingerprint density at radius 2 is 1.57 bits per heavy atom. The molecule has 0 unspecified atom stereocenters. The second-order valence-electron chi connectivity index (χ2n) is 4.40. The monoisotopic (exact) mass is 325 g/mol. The maximum Gasteiger partial charge on any atom is 0.0344 e. The fourth-order valence-corrected chi connectivity index (χ4v) is 1.53. The van der Waals surface area contributed by atoms with Crippen molar-refractivity contribution in [3.8, 4) is 0 Å². The lowest BCUT2D eigenvalue weighted by Gasteiger charge is -2.27. The lowest BCUT2D eigenvalue weighted by atomic mass is 9.83. The Balaban J connectivity index is 0.00000169. The van der Waals surface area contributed by atoms with Crippen LogP contribution in [0.15, 0.2) is 24.3 Å². The molecule has 0 saturated heterocycles. The van der Waals surface area contributed by atoms with E-state index in [2.05, 4.69) is 67.6 Å². The van der Waals surface area contributed by atoms with Crippen molar-refractivity contribution in [2.75, 3.05) is 0 Å². The summed E-state index contributed by atoms with van der Waals surface area (Å²) < 4.78 is 1.25. The fourth-order valence-electron chi connectivity index (χ4n) is 1.17. The highest BCUT2D eigenvalue weighted by molar-refractivity contribution is 14.1. The number of halogens is 2. The molecule has 0 spiro atoms. The first-order valence-electron chi connectivity index (χ1n) is 4.42. The summed E-state index contributed by atoms with van der Waals surface area (Å²) in [4.78, 5) is 0. The SMILES string of the molecule is CC(C)(C)[C@@H](N)c1ccc(I)cc1.Cl. The van der Waals surface area contributed by atoms with E-state index in [4.69, 9.17) is 5.73 Å². The van der Waals surface area contributed by atoms with Gasteiger partial charge in [0, 0.05) is 9.61 Å². The van der Waals surface area contributed by atoms with Gasteiger partial charge in [-0.3, -0.25) is 0 Å². The molecule has 80 valence electrons. The second kappa shape index (κ2) is 5.33. The summed E-state index contributed by atoms with van der Waals surface area (Å²) in [6, 6.07) is 8.53. The zero-order valence-electron chi connectivity index (χ0n) is 8.75. The Kier molecular flexibility index (Phi) is 5.41. The molecule has 0 aromatic heterocycles. The van der Waals surface area contributed by atoms with Crippen LogP contribution in [0.25, 0.3) is 0 Å². The quantitative estimate of drug-likeness (QED) is 0.782. The molecule has 0 bridgehead atoms. The molecule has 3 heteroatoms. The highest BCUT2D eigenvalue weighted by atomic mass is 127. The molecule has 1 aromatic rings. The zero-order valence-corrected chi connectivity index (χ0v) is 11.7. The van der Waals surface area contributed by atoms with E-state index in [1.807, 2.05) is 0 Å². The molecular formula is C11H17ClIN. The summed E-state index contributed by atoms with van der Waals surface area (Å²) in [5.74, 6) is 0. The first kappa shape index (κ1) is 14.2. The van der Waals surface area contributed by atoms with Gasteiger partial charge in [-0.15, -0.1) is 12.4 Å². The van der Waals surface area contributed by atoms with E-state index in [9.17, 15) is 0 Å². The van der Waals surface area contributed by atoms with Crippen molar-refractivity contribution in [1.82, 2.24) is 0 Å². The van der Waals surface area contributed by atoms with E-state index in [1.54, 1.807) is 0 Å². The smallest absolute Gasteiger partial charge is 0.0344 e. The van der Waals surface area contributed by atoms with Crippen LogP contribution < -0.4 is 5.73 Å². The highest BCUT2D eigenvalue weighted by Gasteiger charge is 2.21. The standard InChI is InChI=1S/C11H16IN.ClH/c1-11(2,3)10(13)8-4-6-9(12)7-5-8;/h4-7,10H,13H2,1-3H3;1H/t10-;/m0./s1. The van der Waals surface area contributed by atoms with E-state index in [0.29, 0.717) is 0 Å². The summed E-state index contributed by atoms with van der Waals surface area (Å²) >= 11 is 2.30. The van der Waals surface area contributed by atoms with Crippen LogP contribution in [0.3, 0.4) is 0 Å². The molecule has 0 aliphatic rings. The average Bonchev–Trinajstić information content (AvgIpc) is 2.03. The largest absolute Gasteiger partial charge is 0.324 e. The molecular weight excluding hydrogens is 308 g/mol. The van der Waals surface area contributed by atoms with Crippen molar-refractivity contribution in [1.29, 1.82) is 0 Å². The Bertz CT molecular complexity index is 276. The molecule has 0 radical (unpaired) electrons. The van der Waals surface area contributed by atoms with Gasteiger partial charge in [0.15, 0.2) is 0 Å². The van der Waals surface area contributed by atoms with Crippen LogP contribution >= 0.6 is 35.0 Å². The molecule has 14 heavy (non-hydrogen) atoms. The third kappa shape index (κ3) is 3.75. The van der Waals surface area contributed by atoms with Gasteiger partial charge in [-0.25, -0.2) is 0 Å². The van der Waals surface area contributed by atoms with Crippen molar-refractivity contribution in [3.05, 3.63) is 33.4 Å². The van der Waals surface area contributed by atoms with Gasteiger partial charge in [0.05, 0.1) is 0 Å². The van der Waals surface area contributed by atoms with Crippen molar-refractivity contribution in [2.45, 2.75) is 26.8 Å². The Morgan fingerprint density at radius 3 is 1.93 bits per heavy atom. The molecule has 1 rings (SSSR count). The van der Waals surface area contributed by atoms with Crippen LogP contribution in [-0.2, 0) is 0 Å². The molecule has 0 fully saturated rings. The molecule has 2 N–H and O–H groups in total. The van der Waals surface area contributed by atoms with Gasteiger partial charge in [0.1, 0.15) is 0 Å². The zero-order chi connectivity index (χ0) is 10.1. The maximum atomic E-state index is 6.12. The van der Waals surface area contributed by atoms with Crippen molar-refractivity contribution in [3.63, 3.8) is 0 Å². The lowest BCUT2D eigenvalue weighted by molar-refractivity contribution is 0.327. The third-order valence-electron chi connectivity index (χ3n) is 2.16.